The number of H-pyrrole nitrogens is 2. The van der Waals surface area contributed by atoms with Crippen molar-refractivity contribution < 1.29 is 17.9 Å². The molecule has 1 aliphatic rings. The van der Waals surface area contributed by atoms with E-state index >= 15 is 0 Å². The molecule has 0 spiro atoms. The van der Waals surface area contributed by atoms with Crippen molar-refractivity contribution >= 4 is 16.9 Å². The van der Waals surface area contributed by atoms with Crippen LogP contribution in [-0.2, 0) is 19.1 Å². The first-order valence-corrected chi connectivity index (χ1v) is 9.30. The quantitative estimate of drug-likeness (QED) is 0.531. The molecule has 10 heteroatoms. The number of rotatable bonds is 3. The third-order valence-electron chi connectivity index (χ3n) is 5.34. The Kier molecular flexibility index (Phi) is 4.16. The molecule has 0 saturated carbocycles. The highest BCUT2D eigenvalue weighted by Crippen LogP contribution is 2.37. The summed E-state index contributed by atoms with van der Waals surface area (Å²) in [5.74, 6) is 1.01. The molecule has 1 aromatic carbocycles. The van der Waals surface area contributed by atoms with E-state index < -0.39 is 11.7 Å². The molecule has 154 valence electrons. The van der Waals surface area contributed by atoms with Crippen molar-refractivity contribution in [2.24, 2.45) is 0 Å². The molecule has 0 unspecified atom stereocenters. The molecule has 4 aromatic rings. The number of aromatic nitrogens is 5. The molecular formula is C20H17F3N6O. The van der Waals surface area contributed by atoms with Crippen LogP contribution in [0, 0.1) is 0 Å². The SMILES string of the molecule is COc1ccc(-c2[nH]nc3c2CN(c2ncc(C(F)(F)F)cn2)CC3)c2cc[nH]c12. The van der Waals surface area contributed by atoms with Crippen LogP contribution in [0.25, 0.3) is 22.2 Å². The zero-order valence-electron chi connectivity index (χ0n) is 15.9. The van der Waals surface area contributed by atoms with Crippen molar-refractivity contribution in [1.29, 1.82) is 0 Å². The molecule has 7 nitrogen and oxygen atoms in total. The highest BCUT2D eigenvalue weighted by molar-refractivity contribution is 5.98. The molecule has 0 fully saturated rings. The highest BCUT2D eigenvalue weighted by atomic mass is 19.4. The Morgan fingerprint density at radius 2 is 1.93 bits per heavy atom. The number of ether oxygens (including phenoxy) is 1. The van der Waals surface area contributed by atoms with E-state index in [-0.39, 0.29) is 5.95 Å². The van der Waals surface area contributed by atoms with Crippen molar-refractivity contribution in [3.8, 4) is 17.0 Å². The molecule has 1 aliphatic heterocycles. The largest absolute Gasteiger partial charge is 0.495 e. The Balaban J connectivity index is 1.50. The van der Waals surface area contributed by atoms with Gasteiger partial charge in [0.2, 0.25) is 5.95 Å². The first-order chi connectivity index (χ1) is 14.5. The van der Waals surface area contributed by atoms with Gasteiger partial charge in [0.15, 0.2) is 0 Å². The molecule has 0 bridgehead atoms. The summed E-state index contributed by atoms with van der Waals surface area (Å²) >= 11 is 0. The van der Waals surface area contributed by atoms with Gasteiger partial charge < -0.3 is 14.6 Å². The number of nitrogens with one attached hydrogen (secondary N) is 2. The van der Waals surface area contributed by atoms with Gasteiger partial charge in [0.05, 0.1) is 29.6 Å². The van der Waals surface area contributed by atoms with E-state index in [4.69, 9.17) is 4.74 Å². The normalized spacial score (nSPS) is 14.2. The van der Waals surface area contributed by atoms with Crippen molar-refractivity contribution in [2.75, 3.05) is 18.6 Å². The number of aromatic amines is 2. The Morgan fingerprint density at radius 1 is 1.13 bits per heavy atom. The van der Waals surface area contributed by atoms with Crippen LogP contribution >= 0.6 is 0 Å². The van der Waals surface area contributed by atoms with E-state index in [0.717, 1.165) is 51.6 Å². The molecule has 0 saturated heterocycles. The lowest BCUT2D eigenvalue weighted by molar-refractivity contribution is -0.138. The van der Waals surface area contributed by atoms with Gasteiger partial charge >= 0.3 is 6.18 Å². The van der Waals surface area contributed by atoms with Gasteiger partial charge in [-0.15, -0.1) is 0 Å². The minimum absolute atomic E-state index is 0.266. The summed E-state index contributed by atoms with van der Waals surface area (Å²) in [6.07, 6.45) is -0.325. The van der Waals surface area contributed by atoms with E-state index in [2.05, 4.69) is 25.1 Å². The fraction of sp³-hybridized carbons (Fsp3) is 0.250. The van der Waals surface area contributed by atoms with Crippen LogP contribution in [-0.4, -0.2) is 38.8 Å². The fourth-order valence-electron chi connectivity index (χ4n) is 3.83. The summed E-state index contributed by atoms with van der Waals surface area (Å²) in [6, 6.07) is 5.83. The second-order valence-corrected chi connectivity index (χ2v) is 7.05. The predicted octanol–water partition coefficient (Wildman–Crippen LogP) is 3.94. The van der Waals surface area contributed by atoms with Crippen LogP contribution < -0.4 is 9.64 Å². The first kappa shape index (κ1) is 18.5. The lowest BCUT2D eigenvalue weighted by Crippen LogP contribution is -2.31. The van der Waals surface area contributed by atoms with E-state index in [1.165, 1.54) is 0 Å². The van der Waals surface area contributed by atoms with Gasteiger partial charge in [-0.2, -0.15) is 18.3 Å². The number of hydrogen-bond donors (Lipinski definition) is 2. The second-order valence-electron chi connectivity index (χ2n) is 7.05. The minimum Gasteiger partial charge on any atom is -0.495 e. The molecule has 4 heterocycles. The van der Waals surface area contributed by atoms with Gasteiger partial charge in [-0.05, 0) is 18.2 Å². The molecule has 0 aliphatic carbocycles. The summed E-state index contributed by atoms with van der Waals surface area (Å²) in [5, 5.41) is 8.58. The lowest BCUT2D eigenvalue weighted by Gasteiger charge is -2.27. The number of alkyl halides is 3. The minimum atomic E-state index is -4.46. The van der Waals surface area contributed by atoms with Gasteiger partial charge in [0.25, 0.3) is 0 Å². The number of nitrogens with zero attached hydrogens (tertiary/aromatic N) is 4. The second kappa shape index (κ2) is 6.75. The first-order valence-electron chi connectivity index (χ1n) is 9.30. The fourth-order valence-corrected chi connectivity index (χ4v) is 3.83. The average Bonchev–Trinajstić information content (AvgIpc) is 3.39. The highest BCUT2D eigenvalue weighted by Gasteiger charge is 2.32. The maximum absolute atomic E-state index is 12.8. The van der Waals surface area contributed by atoms with Crippen LogP contribution in [0.3, 0.4) is 0 Å². The summed E-state index contributed by atoms with van der Waals surface area (Å²) in [7, 11) is 1.62. The summed E-state index contributed by atoms with van der Waals surface area (Å²) in [5.41, 5.74) is 3.79. The monoisotopic (exact) mass is 414 g/mol. The Hall–Kier alpha value is -3.56. The zero-order valence-corrected chi connectivity index (χ0v) is 15.9. The number of halogens is 3. The molecule has 2 N–H and O–H groups in total. The number of methoxy groups -OCH3 is 1. The molecule has 0 radical (unpaired) electrons. The van der Waals surface area contributed by atoms with Crippen molar-refractivity contribution in [3.63, 3.8) is 0 Å². The van der Waals surface area contributed by atoms with Crippen molar-refractivity contribution in [3.05, 3.63) is 53.6 Å². The van der Waals surface area contributed by atoms with E-state index in [1.54, 1.807) is 7.11 Å². The Morgan fingerprint density at radius 3 is 2.67 bits per heavy atom. The van der Waals surface area contributed by atoms with E-state index in [1.807, 2.05) is 29.3 Å². The van der Waals surface area contributed by atoms with E-state index in [9.17, 15) is 13.2 Å². The van der Waals surface area contributed by atoms with Crippen LogP contribution in [0.2, 0.25) is 0 Å². The van der Waals surface area contributed by atoms with Gasteiger partial charge in [-0.1, -0.05) is 0 Å². The number of hydrogen-bond acceptors (Lipinski definition) is 5. The maximum Gasteiger partial charge on any atom is 0.419 e. The molecular weight excluding hydrogens is 397 g/mol. The van der Waals surface area contributed by atoms with Crippen LogP contribution in [0.1, 0.15) is 16.8 Å². The summed E-state index contributed by atoms with van der Waals surface area (Å²) in [6.45, 7) is 1.02. The average molecular weight is 414 g/mol. The smallest absolute Gasteiger partial charge is 0.419 e. The topological polar surface area (TPSA) is 82.7 Å². The van der Waals surface area contributed by atoms with Gasteiger partial charge in [-0.25, -0.2) is 9.97 Å². The summed E-state index contributed by atoms with van der Waals surface area (Å²) in [4.78, 5) is 12.9. The zero-order chi connectivity index (χ0) is 20.9. The third kappa shape index (κ3) is 2.95. The maximum atomic E-state index is 12.8. The molecule has 5 rings (SSSR count). The van der Waals surface area contributed by atoms with Crippen LogP contribution in [0.15, 0.2) is 36.8 Å². The third-order valence-corrected chi connectivity index (χ3v) is 5.34. The number of fused-ring (bicyclic) bond motifs is 2. The van der Waals surface area contributed by atoms with Gasteiger partial charge in [-0.3, -0.25) is 5.10 Å². The van der Waals surface area contributed by atoms with Gasteiger partial charge in [0, 0.05) is 54.6 Å². The predicted molar refractivity (Wildman–Crippen MR) is 104 cm³/mol. The molecule has 30 heavy (non-hydrogen) atoms. The molecule has 0 atom stereocenters. The van der Waals surface area contributed by atoms with Crippen LogP contribution in [0.5, 0.6) is 5.75 Å². The lowest BCUT2D eigenvalue weighted by atomic mass is 9.98. The number of benzene rings is 1. The Bertz CT molecular complexity index is 1210. The molecule has 0 amide bonds. The van der Waals surface area contributed by atoms with Crippen molar-refractivity contribution in [1.82, 2.24) is 25.1 Å². The van der Waals surface area contributed by atoms with Gasteiger partial charge in [0.1, 0.15) is 5.75 Å². The summed E-state index contributed by atoms with van der Waals surface area (Å²) < 4.78 is 43.8. The molecule has 3 aromatic heterocycles. The standard InChI is InChI=1S/C20H17F3N6O/c1-30-16-3-2-12(13-4-6-24-18(13)16)17-14-10-29(7-5-15(14)27-28-17)19-25-8-11(9-26-19)20(21,22)23/h2-4,6,8-9,24H,5,7,10H2,1H3,(H,27,28). The Labute approximate surface area is 168 Å². The van der Waals surface area contributed by atoms with E-state index in [0.29, 0.717) is 19.5 Å². The van der Waals surface area contributed by atoms with Crippen LogP contribution in [0.4, 0.5) is 19.1 Å². The van der Waals surface area contributed by atoms with Crippen molar-refractivity contribution in [2.45, 2.75) is 19.1 Å². The number of anilines is 1.